The van der Waals surface area contributed by atoms with Crippen LogP contribution in [-0.2, 0) is 0 Å². The summed E-state index contributed by atoms with van der Waals surface area (Å²) in [5.74, 6) is 0. The minimum atomic E-state index is -0.0779. The summed E-state index contributed by atoms with van der Waals surface area (Å²) in [5.41, 5.74) is 5.58. The Morgan fingerprint density at radius 1 is 0.833 bits per heavy atom. The van der Waals surface area contributed by atoms with Gasteiger partial charge in [0.2, 0.25) is 0 Å². The third kappa shape index (κ3) is 3.15. The first-order valence-electron chi connectivity index (χ1n) is 5.96. The Kier molecular flexibility index (Phi) is 4.49. The predicted molar refractivity (Wildman–Crippen MR) is 76.9 cm³/mol. The molecule has 0 N–H and O–H groups in total. The maximum atomic E-state index is 3.57. The molecular weight excluding hydrogens is 399 g/mol. The lowest BCUT2D eigenvalue weighted by molar-refractivity contribution is -0.598. The van der Waals surface area contributed by atoms with Gasteiger partial charge in [0, 0.05) is 15.6 Å². The van der Waals surface area contributed by atoms with E-state index in [-0.39, 0.29) is 21.2 Å². The maximum Gasteiger partial charge on any atom is 0.358 e. The second-order valence-electron chi connectivity index (χ2n) is 4.70. The van der Waals surface area contributed by atoms with Gasteiger partial charge in [-0.1, -0.05) is 33.6 Å². The molecule has 0 fully saturated rings. The molecule has 0 saturated carbocycles. The average molecular weight is 416 g/mol. The van der Waals surface area contributed by atoms with Crippen molar-refractivity contribution in [3.05, 3.63) is 64.2 Å². The highest BCUT2D eigenvalue weighted by atomic mass is 127. The normalized spacial score (nSPS) is 10.7. The van der Waals surface area contributed by atoms with Crippen molar-refractivity contribution in [3.63, 3.8) is 0 Å². The van der Waals surface area contributed by atoms with Crippen molar-refractivity contribution in [3.8, 4) is 0 Å². The zero-order valence-electron chi connectivity index (χ0n) is 11.1. The summed E-state index contributed by atoms with van der Waals surface area (Å²) in [5, 5.41) is 0. The molecule has 2 aromatic rings. The summed E-state index contributed by atoms with van der Waals surface area (Å²) in [6.45, 7) is 8.81. The molecule has 0 heterocycles. The van der Waals surface area contributed by atoms with Crippen LogP contribution in [0.25, 0.3) is 0 Å². The van der Waals surface area contributed by atoms with E-state index in [1.54, 1.807) is 3.57 Å². The van der Waals surface area contributed by atoms with Crippen LogP contribution in [0.2, 0.25) is 0 Å². The second-order valence-corrected chi connectivity index (χ2v) is 8.42. The van der Waals surface area contributed by atoms with E-state index in [2.05, 4.69) is 74.0 Å². The average Bonchev–Trinajstić information content (AvgIpc) is 2.28. The smallest absolute Gasteiger partial charge is 0.0518 e. The molecule has 0 amide bonds. The van der Waals surface area contributed by atoms with E-state index in [4.69, 9.17) is 0 Å². The molecule has 0 radical (unpaired) electrons. The molecule has 18 heavy (non-hydrogen) atoms. The lowest BCUT2D eigenvalue weighted by atomic mass is 10.1. The monoisotopic (exact) mass is 415 g/mol. The minimum Gasteiger partial charge on any atom is -0.0518 e. The van der Waals surface area contributed by atoms with Gasteiger partial charge in [-0.3, -0.25) is 0 Å². The standard InChI is InChI=1S/C16H17BrI/c1-10-7-12(3)16(13(4)8-10)18-14-5-6-15(17)11(2)9-14/h5-9H,1-4H3/q+1. The van der Waals surface area contributed by atoms with E-state index in [1.165, 1.54) is 30.3 Å². The Labute approximate surface area is 128 Å². The molecule has 0 bridgehead atoms. The number of aryl methyl sites for hydroxylation is 4. The SMILES string of the molecule is Cc1cc(C)c([I+]c2ccc(Br)c(C)c2)c(C)c1. The maximum absolute atomic E-state index is 3.57. The summed E-state index contributed by atoms with van der Waals surface area (Å²) < 4.78 is 4.26. The Balaban J connectivity index is 2.37. The lowest BCUT2D eigenvalue weighted by Crippen LogP contribution is -3.62. The summed E-state index contributed by atoms with van der Waals surface area (Å²) in [4.78, 5) is 0. The first-order valence-corrected chi connectivity index (χ1v) is 8.91. The van der Waals surface area contributed by atoms with Gasteiger partial charge >= 0.3 is 21.2 Å². The molecule has 2 rings (SSSR count). The van der Waals surface area contributed by atoms with E-state index in [0.29, 0.717) is 0 Å². The van der Waals surface area contributed by atoms with Crippen molar-refractivity contribution in [2.24, 2.45) is 0 Å². The van der Waals surface area contributed by atoms with Crippen LogP contribution >= 0.6 is 15.9 Å². The van der Waals surface area contributed by atoms with Crippen molar-refractivity contribution in [2.75, 3.05) is 0 Å². The van der Waals surface area contributed by atoms with E-state index >= 15 is 0 Å². The van der Waals surface area contributed by atoms with E-state index in [9.17, 15) is 0 Å². The van der Waals surface area contributed by atoms with Gasteiger partial charge in [-0.05, 0) is 51.5 Å². The first kappa shape index (κ1) is 14.1. The molecule has 0 nitrogen and oxygen atoms in total. The van der Waals surface area contributed by atoms with Gasteiger partial charge in [-0.15, -0.1) is 0 Å². The van der Waals surface area contributed by atoms with Crippen molar-refractivity contribution in [2.45, 2.75) is 27.7 Å². The summed E-state index contributed by atoms with van der Waals surface area (Å²) in [6.07, 6.45) is 0. The van der Waals surface area contributed by atoms with E-state index in [1.807, 2.05) is 0 Å². The van der Waals surface area contributed by atoms with E-state index in [0.717, 1.165) is 0 Å². The molecule has 0 saturated heterocycles. The van der Waals surface area contributed by atoms with Crippen LogP contribution in [0.5, 0.6) is 0 Å². The lowest BCUT2D eigenvalue weighted by Gasteiger charge is -2.01. The van der Waals surface area contributed by atoms with E-state index < -0.39 is 0 Å². The third-order valence-corrected chi connectivity index (χ3v) is 7.33. The van der Waals surface area contributed by atoms with Gasteiger partial charge in [0.1, 0.15) is 0 Å². The molecule has 2 aromatic carbocycles. The molecule has 0 aromatic heterocycles. The van der Waals surface area contributed by atoms with Crippen molar-refractivity contribution in [1.82, 2.24) is 0 Å². The molecular formula is C16H17BrI+. The second kappa shape index (κ2) is 5.74. The van der Waals surface area contributed by atoms with Crippen LogP contribution in [-0.4, -0.2) is 0 Å². The Morgan fingerprint density at radius 2 is 1.44 bits per heavy atom. The van der Waals surface area contributed by atoms with Gasteiger partial charge in [-0.25, -0.2) is 0 Å². The van der Waals surface area contributed by atoms with Crippen LogP contribution in [0.3, 0.4) is 0 Å². The molecule has 94 valence electrons. The minimum absolute atomic E-state index is 0.0779. The van der Waals surface area contributed by atoms with Gasteiger partial charge in [0.15, 0.2) is 7.14 Å². The van der Waals surface area contributed by atoms with Crippen LogP contribution in [0.1, 0.15) is 22.3 Å². The molecule has 2 heteroatoms. The Bertz CT molecular complexity index is 565. The quantitative estimate of drug-likeness (QED) is 0.656. The van der Waals surface area contributed by atoms with Gasteiger partial charge in [-0.2, -0.15) is 0 Å². The number of benzene rings is 2. The summed E-state index contributed by atoms with van der Waals surface area (Å²) in [6, 6.07) is 11.3. The highest BCUT2D eigenvalue weighted by molar-refractivity contribution is 9.10. The Hall–Kier alpha value is -0.350. The fourth-order valence-corrected chi connectivity index (χ4v) is 5.10. The van der Waals surface area contributed by atoms with Crippen LogP contribution in [0.15, 0.2) is 34.8 Å². The summed E-state index contributed by atoms with van der Waals surface area (Å²) >= 11 is 3.49. The zero-order chi connectivity index (χ0) is 13.3. The molecule has 0 aliphatic rings. The van der Waals surface area contributed by atoms with Crippen LogP contribution < -0.4 is 21.2 Å². The molecule has 0 aliphatic heterocycles. The van der Waals surface area contributed by atoms with Crippen molar-refractivity contribution >= 4 is 15.9 Å². The fraction of sp³-hybridized carbons (Fsp3) is 0.250. The number of hydrogen-bond acceptors (Lipinski definition) is 0. The summed E-state index contributed by atoms with van der Waals surface area (Å²) in [7, 11) is 0. The highest BCUT2D eigenvalue weighted by Crippen LogP contribution is 2.14. The van der Waals surface area contributed by atoms with Gasteiger partial charge in [0.25, 0.3) is 0 Å². The predicted octanol–water partition coefficient (Wildman–Crippen LogP) is 1.81. The van der Waals surface area contributed by atoms with Gasteiger partial charge < -0.3 is 0 Å². The zero-order valence-corrected chi connectivity index (χ0v) is 14.9. The van der Waals surface area contributed by atoms with Crippen molar-refractivity contribution in [1.29, 1.82) is 0 Å². The third-order valence-electron chi connectivity index (χ3n) is 2.90. The molecule has 0 atom stereocenters. The largest absolute Gasteiger partial charge is 0.358 e. The first-order chi connectivity index (χ1) is 8.47. The number of hydrogen-bond donors (Lipinski definition) is 0. The molecule has 0 aliphatic carbocycles. The topological polar surface area (TPSA) is 0 Å². The Morgan fingerprint density at radius 3 is 2.00 bits per heavy atom. The van der Waals surface area contributed by atoms with Crippen LogP contribution in [0.4, 0.5) is 0 Å². The van der Waals surface area contributed by atoms with Crippen LogP contribution in [0, 0.1) is 34.8 Å². The van der Waals surface area contributed by atoms with Crippen molar-refractivity contribution < 1.29 is 21.2 Å². The fourth-order valence-electron chi connectivity index (χ4n) is 2.09. The number of halogens is 2. The number of rotatable bonds is 2. The molecule has 0 spiro atoms. The molecule has 0 unspecified atom stereocenters. The highest BCUT2D eigenvalue weighted by Gasteiger charge is 2.21. The van der Waals surface area contributed by atoms with Gasteiger partial charge in [0.05, 0.1) is 0 Å².